The first kappa shape index (κ1) is 13.7. The Kier molecular flexibility index (Phi) is 4.15. The summed E-state index contributed by atoms with van der Waals surface area (Å²) in [7, 11) is 0. The Labute approximate surface area is 131 Å². The average Bonchev–Trinajstić information content (AvgIpc) is 2.56. The van der Waals surface area contributed by atoms with E-state index >= 15 is 0 Å². The Morgan fingerprint density at radius 1 is 0.450 bits per heavy atom. The van der Waals surface area contributed by atoms with Gasteiger partial charge in [0.2, 0.25) is 0 Å². The number of benzene rings is 3. The van der Waals surface area contributed by atoms with Crippen LogP contribution in [-0.2, 0) is 19.3 Å². The minimum atomic E-state index is -1.87. The van der Waals surface area contributed by atoms with Crippen molar-refractivity contribution in [3.63, 3.8) is 0 Å². The summed E-state index contributed by atoms with van der Waals surface area (Å²) in [5, 5.41) is 2.51. The fraction of sp³-hybridized carbons (Fsp3) is 0. The van der Waals surface area contributed by atoms with E-state index in [2.05, 4.69) is 110 Å². The zero-order valence-corrected chi connectivity index (χ0v) is 14.1. The van der Waals surface area contributed by atoms with Crippen LogP contribution in [0.4, 0.5) is 0 Å². The third-order valence-electron chi connectivity index (χ3n) is 3.54. The van der Waals surface area contributed by atoms with Crippen LogP contribution in [0.5, 0.6) is 0 Å². The van der Waals surface area contributed by atoms with Crippen LogP contribution >= 0.6 is 5.35 Å². The molecular weight excluding hydrogens is 343 g/mol. The molecule has 0 radical (unpaired) electrons. The van der Waals surface area contributed by atoms with Crippen LogP contribution in [0.15, 0.2) is 91.0 Å². The molecule has 0 unspecified atom stereocenters. The topological polar surface area (TPSA) is 0 Å². The van der Waals surface area contributed by atoms with Crippen molar-refractivity contribution in [3.05, 3.63) is 91.0 Å². The van der Waals surface area contributed by atoms with Crippen LogP contribution in [-0.4, -0.2) is 0 Å². The van der Waals surface area contributed by atoms with E-state index in [0.717, 1.165) is 0 Å². The van der Waals surface area contributed by atoms with Crippen molar-refractivity contribution in [2.24, 2.45) is 0 Å². The number of rotatable bonds is 3. The van der Waals surface area contributed by atoms with Gasteiger partial charge in [-0.05, 0) is 0 Å². The molecule has 0 saturated heterocycles. The molecule has 0 aliphatic heterocycles. The molecule has 99 valence electrons. The summed E-state index contributed by atoms with van der Waals surface area (Å²) in [6.07, 6.45) is 0. The van der Waals surface area contributed by atoms with E-state index in [1.54, 1.807) is 0 Å². The SMILES string of the molecule is [Mo][PH](c1ccccc1)(c1ccccc1)c1ccccc1. The third-order valence-corrected chi connectivity index (χ3v) is 12.2. The zero-order chi connectivity index (χ0) is 13.8. The molecule has 0 amide bonds. The maximum absolute atomic E-state index is 2.35. The van der Waals surface area contributed by atoms with E-state index in [9.17, 15) is 0 Å². The van der Waals surface area contributed by atoms with Crippen LogP contribution in [0.25, 0.3) is 0 Å². The standard InChI is InChI=1S/C18H15P.Mo/c1-4-10-16(11-5-1)19(17-12-6-2-7-13-17)18-14-8-3-9-15-18;/h1-15H;/q;-1/p+1. The van der Waals surface area contributed by atoms with E-state index in [1.807, 2.05) is 0 Å². The Bertz CT molecular complexity index is 569. The van der Waals surface area contributed by atoms with Gasteiger partial charge in [-0.1, -0.05) is 0 Å². The van der Waals surface area contributed by atoms with Gasteiger partial charge in [0.15, 0.2) is 0 Å². The Balaban J connectivity index is 2.24. The first-order valence-corrected chi connectivity index (χ1v) is 11.6. The summed E-state index contributed by atoms with van der Waals surface area (Å²) in [4.78, 5) is 0. The molecule has 0 fully saturated rings. The van der Waals surface area contributed by atoms with E-state index in [4.69, 9.17) is 0 Å². The molecule has 0 aliphatic rings. The van der Waals surface area contributed by atoms with Gasteiger partial charge in [0.25, 0.3) is 0 Å². The average molecular weight is 359 g/mol. The molecule has 0 N–H and O–H groups in total. The molecule has 0 nitrogen and oxygen atoms in total. The number of hydrogen-bond donors (Lipinski definition) is 0. The third kappa shape index (κ3) is 2.51. The summed E-state index contributed by atoms with van der Waals surface area (Å²) >= 11 is 2.35. The monoisotopic (exact) mass is 361 g/mol. The molecule has 0 heterocycles. The molecule has 0 spiro atoms. The first-order valence-electron chi connectivity index (χ1n) is 6.69. The van der Waals surface area contributed by atoms with Crippen molar-refractivity contribution >= 4 is 21.3 Å². The normalized spacial score (nSPS) is 12.0. The molecule has 0 aromatic heterocycles. The van der Waals surface area contributed by atoms with E-state index in [0.29, 0.717) is 0 Å². The Morgan fingerprint density at radius 2 is 0.700 bits per heavy atom. The van der Waals surface area contributed by atoms with Crippen molar-refractivity contribution in [1.29, 1.82) is 0 Å². The van der Waals surface area contributed by atoms with E-state index < -0.39 is 5.35 Å². The second-order valence-electron chi connectivity index (χ2n) is 4.78. The van der Waals surface area contributed by atoms with E-state index in [1.165, 1.54) is 15.9 Å². The second kappa shape index (κ2) is 6.04. The molecular formula is C18H16MoP. The molecule has 3 aromatic carbocycles. The molecule has 0 aliphatic carbocycles. The predicted octanol–water partition coefficient (Wildman–Crippen LogP) is 3.17. The predicted molar refractivity (Wildman–Crippen MR) is 86.5 cm³/mol. The summed E-state index contributed by atoms with van der Waals surface area (Å²) in [5.74, 6) is 0. The van der Waals surface area contributed by atoms with Gasteiger partial charge in [0.05, 0.1) is 0 Å². The van der Waals surface area contributed by atoms with Gasteiger partial charge in [-0.3, -0.25) is 0 Å². The molecule has 0 bridgehead atoms. The Morgan fingerprint density at radius 3 is 0.950 bits per heavy atom. The van der Waals surface area contributed by atoms with Gasteiger partial charge in [-0.2, -0.15) is 0 Å². The van der Waals surface area contributed by atoms with Gasteiger partial charge >= 0.3 is 132 Å². The van der Waals surface area contributed by atoms with Gasteiger partial charge in [0, 0.05) is 0 Å². The second-order valence-corrected chi connectivity index (χ2v) is 12.4. The maximum atomic E-state index is 2.35. The summed E-state index contributed by atoms with van der Waals surface area (Å²) in [6, 6.07) is 32.8. The van der Waals surface area contributed by atoms with Crippen molar-refractivity contribution in [2.75, 3.05) is 0 Å². The zero-order valence-electron chi connectivity index (χ0n) is 11.1. The van der Waals surface area contributed by atoms with Crippen LogP contribution < -0.4 is 15.9 Å². The molecule has 20 heavy (non-hydrogen) atoms. The van der Waals surface area contributed by atoms with Crippen molar-refractivity contribution in [3.8, 4) is 0 Å². The minimum absolute atomic E-state index is 1.46. The summed E-state index contributed by atoms with van der Waals surface area (Å²) in [6.45, 7) is 0. The van der Waals surface area contributed by atoms with Gasteiger partial charge in [-0.15, -0.1) is 0 Å². The van der Waals surface area contributed by atoms with Crippen molar-refractivity contribution in [1.82, 2.24) is 0 Å². The number of hydrogen-bond acceptors (Lipinski definition) is 0. The summed E-state index contributed by atoms with van der Waals surface area (Å²) < 4.78 is 0. The summed E-state index contributed by atoms with van der Waals surface area (Å²) in [5.41, 5.74) is 0. The molecule has 0 atom stereocenters. The molecule has 0 saturated carbocycles. The molecule has 3 rings (SSSR count). The van der Waals surface area contributed by atoms with Gasteiger partial charge < -0.3 is 0 Å². The first-order chi connectivity index (χ1) is 9.82. The van der Waals surface area contributed by atoms with Crippen LogP contribution in [0.3, 0.4) is 0 Å². The van der Waals surface area contributed by atoms with Crippen LogP contribution in [0.2, 0.25) is 0 Å². The van der Waals surface area contributed by atoms with Gasteiger partial charge in [-0.25, -0.2) is 0 Å². The van der Waals surface area contributed by atoms with Crippen LogP contribution in [0, 0.1) is 0 Å². The molecule has 2 heteroatoms. The Hall–Kier alpha value is -1.22. The van der Waals surface area contributed by atoms with Crippen LogP contribution in [0.1, 0.15) is 0 Å². The molecule has 3 aromatic rings. The van der Waals surface area contributed by atoms with Crippen molar-refractivity contribution < 1.29 is 19.3 Å². The van der Waals surface area contributed by atoms with E-state index in [-0.39, 0.29) is 0 Å². The quantitative estimate of drug-likeness (QED) is 0.498. The fourth-order valence-corrected chi connectivity index (χ4v) is 8.51. The fourth-order valence-electron chi connectivity index (χ4n) is 2.52. The van der Waals surface area contributed by atoms with Gasteiger partial charge in [0.1, 0.15) is 0 Å². The van der Waals surface area contributed by atoms with Crippen molar-refractivity contribution in [2.45, 2.75) is 0 Å².